The maximum absolute atomic E-state index is 12.2. The number of hydrogen-bond acceptors (Lipinski definition) is 8. The van der Waals surface area contributed by atoms with Crippen molar-refractivity contribution in [2.75, 3.05) is 0 Å². The summed E-state index contributed by atoms with van der Waals surface area (Å²) in [6, 6.07) is 9.43. The second kappa shape index (κ2) is 6.91. The van der Waals surface area contributed by atoms with Crippen LogP contribution in [0, 0.1) is 17.0 Å². The average Bonchev–Trinajstić information content (AvgIpc) is 3.33. The van der Waals surface area contributed by atoms with Crippen molar-refractivity contribution in [2.24, 2.45) is 0 Å². The molecule has 0 amide bonds. The third-order valence-electron chi connectivity index (χ3n) is 3.94. The molecule has 0 bridgehead atoms. The summed E-state index contributed by atoms with van der Waals surface area (Å²) in [6.07, 6.45) is 3.39. The quantitative estimate of drug-likeness (QED) is 0.294. The monoisotopic (exact) mass is 379 g/mol. The van der Waals surface area contributed by atoms with E-state index >= 15 is 0 Å². The number of esters is 1. The first kappa shape index (κ1) is 17.3. The summed E-state index contributed by atoms with van der Waals surface area (Å²) in [5.74, 6) is -0.345. The molecule has 0 spiro atoms. The lowest BCUT2D eigenvalue weighted by Gasteiger charge is -1.98. The first-order valence-corrected chi connectivity index (χ1v) is 8.19. The Bertz CT molecular complexity index is 1180. The van der Waals surface area contributed by atoms with Crippen LogP contribution in [0.4, 0.5) is 5.69 Å². The van der Waals surface area contributed by atoms with Crippen molar-refractivity contribution < 1.29 is 18.9 Å². The molecule has 0 radical (unpaired) electrons. The van der Waals surface area contributed by atoms with Crippen LogP contribution in [0.1, 0.15) is 21.9 Å². The Labute approximate surface area is 157 Å². The molecule has 4 rings (SSSR count). The molecule has 3 aromatic heterocycles. The third-order valence-corrected chi connectivity index (χ3v) is 3.94. The number of rotatable bonds is 5. The van der Waals surface area contributed by atoms with E-state index in [1.54, 1.807) is 10.6 Å². The van der Waals surface area contributed by atoms with Gasteiger partial charge in [-0.3, -0.25) is 10.1 Å². The number of pyridine rings is 1. The van der Waals surface area contributed by atoms with E-state index in [0.717, 1.165) is 5.56 Å². The third kappa shape index (κ3) is 3.43. The highest BCUT2D eigenvalue weighted by molar-refractivity contribution is 5.87. The van der Waals surface area contributed by atoms with Gasteiger partial charge < -0.3 is 13.6 Å². The minimum Gasteiger partial charge on any atom is -0.451 e. The lowest BCUT2D eigenvalue weighted by molar-refractivity contribution is -0.384. The van der Waals surface area contributed by atoms with Gasteiger partial charge in [0.05, 0.1) is 4.92 Å². The fourth-order valence-electron chi connectivity index (χ4n) is 2.54. The predicted octanol–water partition coefficient (Wildman–Crippen LogP) is 2.96. The average molecular weight is 379 g/mol. The van der Waals surface area contributed by atoms with Crippen molar-refractivity contribution in [1.82, 2.24) is 19.6 Å². The van der Waals surface area contributed by atoms with Crippen LogP contribution in [-0.4, -0.2) is 30.5 Å². The van der Waals surface area contributed by atoms with E-state index in [9.17, 15) is 14.9 Å². The number of nitro benzene ring substituents is 1. The molecule has 0 aliphatic carbocycles. The zero-order valence-corrected chi connectivity index (χ0v) is 14.6. The van der Waals surface area contributed by atoms with E-state index in [1.807, 2.05) is 25.3 Å². The Hall–Kier alpha value is -4.08. The molecule has 10 nitrogen and oxygen atoms in total. The van der Waals surface area contributed by atoms with Crippen LogP contribution < -0.4 is 0 Å². The number of carbonyl (C=O) groups is 1. The molecule has 1 aromatic carbocycles. The summed E-state index contributed by atoms with van der Waals surface area (Å²) in [7, 11) is 0. The van der Waals surface area contributed by atoms with Crippen molar-refractivity contribution >= 4 is 17.3 Å². The van der Waals surface area contributed by atoms with Crippen molar-refractivity contribution in [3.8, 4) is 11.5 Å². The van der Waals surface area contributed by atoms with Gasteiger partial charge in [-0.1, -0.05) is 0 Å². The number of nitro groups is 1. The van der Waals surface area contributed by atoms with Crippen molar-refractivity contribution in [1.29, 1.82) is 0 Å². The zero-order chi connectivity index (χ0) is 19.7. The summed E-state index contributed by atoms with van der Waals surface area (Å²) in [6.45, 7) is 1.72. The number of hydrogen-bond donors (Lipinski definition) is 0. The van der Waals surface area contributed by atoms with E-state index in [4.69, 9.17) is 9.15 Å². The molecule has 0 saturated carbocycles. The van der Waals surface area contributed by atoms with Gasteiger partial charge in [-0.2, -0.15) is 0 Å². The summed E-state index contributed by atoms with van der Waals surface area (Å²) in [5.41, 5.74) is 2.32. The highest BCUT2D eigenvalue weighted by Gasteiger charge is 2.16. The van der Waals surface area contributed by atoms with Gasteiger partial charge in [-0.25, -0.2) is 9.78 Å². The molecule has 0 aliphatic heterocycles. The van der Waals surface area contributed by atoms with E-state index in [1.165, 1.54) is 24.3 Å². The molecule has 0 unspecified atom stereocenters. The second-order valence-corrected chi connectivity index (χ2v) is 5.98. The van der Waals surface area contributed by atoms with Crippen LogP contribution in [-0.2, 0) is 11.3 Å². The Morgan fingerprint density at radius 1 is 1.25 bits per heavy atom. The van der Waals surface area contributed by atoms with E-state index < -0.39 is 10.9 Å². The number of ether oxygens (including phenoxy) is 1. The molecule has 140 valence electrons. The number of carbonyl (C=O) groups excluding carboxylic acids is 1. The van der Waals surface area contributed by atoms with Crippen molar-refractivity contribution in [3.63, 3.8) is 0 Å². The van der Waals surface area contributed by atoms with Gasteiger partial charge >= 0.3 is 5.97 Å². The topological polar surface area (TPSA) is 126 Å². The lowest BCUT2D eigenvalue weighted by atomic mass is 10.2. The smallest absolute Gasteiger partial charge is 0.359 e. The number of imidazole rings is 1. The lowest BCUT2D eigenvalue weighted by Crippen LogP contribution is -2.05. The minimum atomic E-state index is -0.614. The maximum Gasteiger partial charge on any atom is 0.359 e. The molecule has 0 aliphatic rings. The zero-order valence-electron chi connectivity index (χ0n) is 14.6. The van der Waals surface area contributed by atoms with E-state index in [0.29, 0.717) is 11.2 Å². The molecule has 10 heteroatoms. The fraction of sp³-hybridized carbons (Fsp3) is 0.111. The van der Waals surface area contributed by atoms with Crippen LogP contribution >= 0.6 is 0 Å². The highest BCUT2D eigenvalue weighted by atomic mass is 16.6. The Balaban J connectivity index is 1.43. The molecular formula is C18H13N5O5. The number of non-ortho nitro benzene ring substituents is 1. The number of aryl methyl sites for hydroxylation is 1. The molecule has 0 atom stereocenters. The molecular weight excluding hydrogens is 366 g/mol. The number of benzene rings is 1. The van der Waals surface area contributed by atoms with Crippen molar-refractivity contribution in [3.05, 3.63) is 76.1 Å². The van der Waals surface area contributed by atoms with E-state index in [-0.39, 0.29) is 29.8 Å². The van der Waals surface area contributed by atoms with Crippen molar-refractivity contribution in [2.45, 2.75) is 13.5 Å². The van der Waals surface area contributed by atoms with Crippen LogP contribution in [0.25, 0.3) is 17.1 Å². The van der Waals surface area contributed by atoms with Gasteiger partial charge in [0.2, 0.25) is 5.89 Å². The molecule has 3 heterocycles. The summed E-state index contributed by atoms with van der Waals surface area (Å²) in [5, 5.41) is 18.4. The number of aromatic nitrogens is 4. The van der Waals surface area contributed by atoms with Gasteiger partial charge in [-0.15, -0.1) is 10.2 Å². The van der Waals surface area contributed by atoms with Gasteiger partial charge in [0.1, 0.15) is 5.65 Å². The summed E-state index contributed by atoms with van der Waals surface area (Å²) >= 11 is 0. The summed E-state index contributed by atoms with van der Waals surface area (Å²) < 4.78 is 12.3. The number of fused-ring (bicyclic) bond motifs is 1. The highest BCUT2D eigenvalue weighted by Crippen LogP contribution is 2.21. The normalized spacial score (nSPS) is 10.9. The fourth-order valence-corrected chi connectivity index (χ4v) is 2.54. The van der Waals surface area contributed by atoms with Gasteiger partial charge in [0, 0.05) is 30.1 Å². The molecule has 28 heavy (non-hydrogen) atoms. The second-order valence-electron chi connectivity index (χ2n) is 5.98. The van der Waals surface area contributed by atoms with Crippen LogP contribution in [0.2, 0.25) is 0 Å². The largest absolute Gasteiger partial charge is 0.451 e. The predicted molar refractivity (Wildman–Crippen MR) is 95.4 cm³/mol. The molecule has 0 fully saturated rings. The Morgan fingerprint density at radius 3 is 2.79 bits per heavy atom. The Kier molecular flexibility index (Phi) is 4.28. The molecule has 0 N–H and O–H groups in total. The first-order valence-electron chi connectivity index (χ1n) is 8.19. The van der Waals surface area contributed by atoms with Crippen LogP contribution in [0.15, 0.2) is 53.2 Å². The molecule has 0 saturated heterocycles. The van der Waals surface area contributed by atoms with E-state index in [2.05, 4.69) is 15.2 Å². The summed E-state index contributed by atoms with van der Waals surface area (Å²) in [4.78, 5) is 26.6. The Morgan fingerprint density at radius 2 is 2.04 bits per heavy atom. The standard InChI is InChI=1S/C18H13N5O5/c1-11-6-7-22-9-14(19-15(22)8-11)18(24)27-10-16-20-21-17(28-16)12-2-4-13(5-3-12)23(25)26/h2-9H,10H2,1H3. The first-order chi connectivity index (χ1) is 13.5. The van der Waals surface area contributed by atoms with Crippen LogP contribution in [0.5, 0.6) is 0 Å². The van der Waals surface area contributed by atoms with Gasteiger partial charge in [0.15, 0.2) is 12.3 Å². The number of nitrogens with zero attached hydrogens (tertiary/aromatic N) is 5. The van der Waals surface area contributed by atoms with Gasteiger partial charge in [-0.05, 0) is 36.8 Å². The SMILES string of the molecule is Cc1ccn2cc(C(=O)OCc3nnc(-c4ccc([N+](=O)[O-])cc4)o3)nc2c1. The van der Waals surface area contributed by atoms with Gasteiger partial charge in [0.25, 0.3) is 11.6 Å². The maximum atomic E-state index is 12.2. The minimum absolute atomic E-state index is 0.0416. The van der Waals surface area contributed by atoms with Crippen LogP contribution in [0.3, 0.4) is 0 Å². The molecule has 4 aromatic rings.